The van der Waals surface area contributed by atoms with Crippen LogP contribution in [0.25, 0.3) is 0 Å². The molecule has 2 bridgehead atoms. The van der Waals surface area contributed by atoms with Crippen molar-refractivity contribution in [2.75, 3.05) is 0 Å². The van der Waals surface area contributed by atoms with Crippen molar-refractivity contribution in [3.63, 3.8) is 0 Å². The molecule has 0 amide bonds. The second-order valence-corrected chi connectivity index (χ2v) is 4.91. The first-order valence-electron chi connectivity index (χ1n) is 5.14. The van der Waals surface area contributed by atoms with Crippen molar-refractivity contribution in [1.82, 2.24) is 0 Å². The molecule has 3 rings (SSSR count). The van der Waals surface area contributed by atoms with E-state index in [0.29, 0.717) is 5.41 Å². The zero-order valence-electron chi connectivity index (χ0n) is 7.66. The van der Waals surface area contributed by atoms with Gasteiger partial charge in [-0.3, -0.25) is 0 Å². The molecule has 0 radical (unpaired) electrons. The average molecular weight is 160 g/mol. The molecule has 0 aromatic carbocycles. The van der Waals surface area contributed by atoms with Gasteiger partial charge in [0.2, 0.25) is 0 Å². The standard InChI is InChI=1S/C12H16/c1-12-7-3-2-4-11(12)9-5-6-10(12)8-9/h2-3,5-6,9-11H,4,7-8H2,1H3. The summed E-state index contributed by atoms with van der Waals surface area (Å²) in [6.45, 7) is 2.50. The molecule has 0 nitrogen and oxygen atoms in total. The van der Waals surface area contributed by atoms with Gasteiger partial charge >= 0.3 is 0 Å². The largest absolute Gasteiger partial charge is 0.0882 e. The van der Waals surface area contributed by atoms with Crippen LogP contribution in [0.4, 0.5) is 0 Å². The first-order valence-corrected chi connectivity index (χ1v) is 5.14. The van der Waals surface area contributed by atoms with E-state index in [4.69, 9.17) is 0 Å². The SMILES string of the molecule is CC12CC=CCC1C1C=CC2C1. The molecule has 1 fully saturated rings. The van der Waals surface area contributed by atoms with Gasteiger partial charge in [-0.1, -0.05) is 31.2 Å². The molecule has 12 heavy (non-hydrogen) atoms. The Bertz CT molecular complexity index is 261. The van der Waals surface area contributed by atoms with Crippen LogP contribution in [0.3, 0.4) is 0 Å². The Labute approximate surface area is 74.4 Å². The summed E-state index contributed by atoms with van der Waals surface area (Å²) < 4.78 is 0. The lowest BCUT2D eigenvalue weighted by Crippen LogP contribution is -2.32. The van der Waals surface area contributed by atoms with Crippen LogP contribution in [-0.2, 0) is 0 Å². The lowest BCUT2D eigenvalue weighted by Gasteiger charge is -2.40. The predicted molar refractivity (Wildman–Crippen MR) is 50.7 cm³/mol. The van der Waals surface area contributed by atoms with E-state index in [2.05, 4.69) is 31.2 Å². The van der Waals surface area contributed by atoms with Gasteiger partial charge in [-0.25, -0.2) is 0 Å². The molecule has 0 aromatic rings. The van der Waals surface area contributed by atoms with Crippen LogP contribution in [0.2, 0.25) is 0 Å². The molecule has 0 N–H and O–H groups in total. The second-order valence-electron chi connectivity index (χ2n) is 4.91. The van der Waals surface area contributed by atoms with E-state index in [1.807, 2.05) is 0 Å². The summed E-state index contributed by atoms with van der Waals surface area (Å²) in [5, 5.41) is 0. The van der Waals surface area contributed by atoms with Crippen LogP contribution in [0.5, 0.6) is 0 Å². The molecule has 0 aliphatic heterocycles. The third-order valence-electron chi connectivity index (χ3n) is 4.44. The lowest BCUT2D eigenvalue weighted by molar-refractivity contribution is 0.160. The number of hydrogen-bond acceptors (Lipinski definition) is 0. The van der Waals surface area contributed by atoms with Crippen molar-refractivity contribution in [3.8, 4) is 0 Å². The fourth-order valence-electron chi connectivity index (χ4n) is 3.61. The predicted octanol–water partition coefficient (Wildman–Crippen LogP) is 3.16. The molecule has 4 atom stereocenters. The van der Waals surface area contributed by atoms with Crippen LogP contribution < -0.4 is 0 Å². The van der Waals surface area contributed by atoms with Crippen LogP contribution >= 0.6 is 0 Å². The van der Waals surface area contributed by atoms with Gasteiger partial charge in [0.05, 0.1) is 0 Å². The molecule has 1 saturated carbocycles. The van der Waals surface area contributed by atoms with Gasteiger partial charge in [-0.15, -0.1) is 0 Å². The molecular weight excluding hydrogens is 144 g/mol. The lowest BCUT2D eigenvalue weighted by atomic mass is 9.64. The Kier molecular flexibility index (Phi) is 1.18. The first kappa shape index (κ1) is 6.94. The fourth-order valence-corrected chi connectivity index (χ4v) is 3.61. The summed E-state index contributed by atoms with van der Waals surface area (Å²) in [4.78, 5) is 0. The third kappa shape index (κ3) is 0.646. The minimum atomic E-state index is 0.633. The molecule has 0 saturated heterocycles. The third-order valence-corrected chi connectivity index (χ3v) is 4.44. The first-order chi connectivity index (χ1) is 5.81. The number of rotatable bonds is 0. The summed E-state index contributed by atoms with van der Waals surface area (Å²) in [5.41, 5.74) is 0.633. The molecule has 0 spiro atoms. The Hall–Kier alpha value is -0.520. The average Bonchev–Trinajstić information content (AvgIpc) is 2.62. The maximum absolute atomic E-state index is 2.50. The minimum absolute atomic E-state index is 0.633. The second kappa shape index (κ2) is 2.04. The maximum atomic E-state index is 2.50. The number of fused-ring (bicyclic) bond motifs is 5. The maximum Gasteiger partial charge on any atom is -0.0168 e. The number of hydrogen-bond donors (Lipinski definition) is 0. The van der Waals surface area contributed by atoms with E-state index in [1.54, 1.807) is 0 Å². The van der Waals surface area contributed by atoms with E-state index in [0.717, 1.165) is 17.8 Å². The highest BCUT2D eigenvalue weighted by molar-refractivity contribution is 5.21. The smallest absolute Gasteiger partial charge is 0.0168 e. The van der Waals surface area contributed by atoms with E-state index >= 15 is 0 Å². The van der Waals surface area contributed by atoms with Crippen molar-refractivity contribution in [3.05, 3.63) is 24.3 Å². The van der Waals surface area contributed by atoms with Crippen LogP contribution in [0.1, 0.15) is 26.2 Å². The molecule has 0 heteroatoms. The zero-order valence-corrected chi connectivity index (χ0v) is 7.66. The Morgan fingerprint density at radius 1 is 1.25 bits per heavy atom. The fraction of sp³-hybridized carbons (Fsp3) is 0.667. The van der Waals surface area contributed by atoms with Crippen LogP contribution in [0.15, 0.2) is 24.3 Å². The summed E-state index contributed by atoms with van der Waals surface area (Å²) in [5.74, 6) is 2.79. The summed E-state index contributed by atoms with van der Waals surface area (Å²) in [6.07, 6.45) is 13.8. The van der Waals surface area contributed by atoms with Gasteiger partial charge < -0.3 is 0 Å². The Morgan fingerprint density at radius 3 is 3.00 bits per heavy atom. The van der Waals surface area contributed by atoms with Gasteiger partial charge in [-0.2, -0.15) is 0 Å². The normalized spacial score (nSPS) is 54.6. The summed E-state index contributed by atoms with van der Waals surface area (Å²) in [7, 11) is 0. The van der Waals surface area contributed by atoms with Gasteiger partial charge in [0, 0.05) is 0 Å². The molecule has 3 aliphatic carbocycles. The Balaban J connectivity index is 2.05. The molecule has 3 aliphatic rings. The molecule has 64 valence electrons. The van der Waals surface area contributed by atoms with Crippen LogP contribution in [0, 0.1) is 23.2 Å². The Morgan fingerprint density at radius 2 is 2.17 bits per heavy atom. The van der Waals surface area contributed by atoms with Crippen LogP contribution in [-0.4, -0.2) is 0 Å². The summed E-state index contributed by atoms with van der Waals surface area (Å²) >= 11 is 0. The van der Waals surface area contributed by atoms with E-state index in [-0.39, 0.29) is 0 Å². The monoisotopic (exact) mass is 160 g/mol. The highest BCUT2D eigenvalue weighted by Gasteiger charge is 2.52. The zero-order chi connectivity index (χ0) is 8.18. The van der Waals surface area contributed by atoms with Crippen molar-refractivity contribution in [2.45, 2.75) is 26.2 Å². The topological polar surface area (TPSA) is 0 Å². The molecule has 0 heterocycles. The summed E-state index contributed by atoms with van der Waals surface area (Å²) in [6, 6.07) is 0. The van der Waals surface area contributed by atoms with E-state index in [1.165, 1.54) is 19.3 Å². The van der Waals surface area contributed by atoms with E-state index in [9.17, 15) is 0 Å². The van der Waals surface area contributed by atoms with Gasteiger partial charge in [0.25, 0.3) is 0 Å². The number of allylic oxidation sites excluding steroid dienone is 4. The highest BCUT2D eigenvalue weighted by atomic mass is 14.6. The van der Waals surface area contributed by atoms with Crippen molar-refractivity contribution in [2.24, 2.45) is 23.2 Å². The molecule has 0 aromatic heterocycles. The van der Waals surface area contributed by atoms with Gasteiger partial charge in [0.1, 0.15) is 0 Å². The van der Waals surface area contributed by atoms with Crippen molar-refractivity contribution < 1.29 is 0 Å². The molecular formula is C12H16. The van der Waals surface area contributed by atoms with Gasteiger partial charge in [0.15, 0.2) is 0 Å². The van der Waals surface area contributed by atoms with Crippen molar-refractivity contribution in [1.29, 1.82) is 0 Å². The quantitative estimate of drug-likeness (QED) is 0.477. The van der Waals surface area contributed by atoms with Crippen molar-refractivity contribution >= 4 is 0 Å². The minimum Gasteiger partial charge on any atom is -0.0882 e. The molecule has 4 unspecified atom stereocenters. The van der Waals surface area contributed by atoms with E-state index < -0.39 is 0 Å². The van der Waals surface area contributed by atoms with Gasteiger partial charge in [-0.05, 0) is 42.4 Å². The highest BCUT2D eigenvalue weighted by Crippen LogP contribution is 2.60.